The van der Waals surface area contributed by atoms with Gasteiger partial charge in [-0.3, -0.25) is 0 Å². The summed E-state index contributed by atoms with van der Waals surface area (Å²) in [6.45, 7) is 2.39. The molecular weight excluding hydrogens is 268 g/mol. The maximum Gasteiger partial charge on any atom is 0.141 e. The minimum absolute atomic E-state index is 0.607. The monoisotopic (exact) mass is 286 g/mol. The Bertz CT molecular complexity index is 563. The molecule has 0 saturated heterocycles. The van der Waals surface area contributed by atoms with Gasteiger partial charge in [-0.15, -0.1) is 0 Å². The lowest BCUT2D eigenvalue weighted by molar-refractivity contribution is 0.199. The molecule has 20 heavy (non-hydrogen) atoms. The van der Waals surface area contributed by atoms with E-state index in [1.807, 2.05) is 24.4 Å². The summed E-state index contributed by atoms with van der Waals surface area (Å²) in [5, 5.41) is 3.26. The first-order valence-corrected chi connectivity index (χ1v) is 7.86. The lowest BCUT2D eigenvalue weighted by Crippen LogP contribution is -2.27. The quantitative estimate of drug-likeness (QED) is 0.860. The summed E-state index contributed by atoms with van der Waals surface area (Å²) < 4.78 is 8.25. The Morgan fingerprint density at radius 2 is 2.15 bits per heavy atom. The number of nitrogens with zero attached hydrogens (tertiary/aromatic N) is 1. The van der Waals surface area contributed by atoms with Crippen LogP contribution in [-0.4, -0.2) is 23.7 Å². The highest BCUT2D eigenvalue weighted by Gasteiger charge is 2.21. The van der Waals surface area contributed by atoms with E-state index in [1.165, 1.54) is 16.7 Å². The van der Waals surface area contributed by atoms with E-state index in [4.69, 9.17) is 4.74 Å². The van der Waals surface area contributed by atoms with Crippen LogP contribution in [0.4, 0.5) is 0 Å². The van der Waals surface area contributed by atoms with Crippen molar-refractivity contribution in [1.29, 1.82) is 0 Å². The van der Waals surface area contributed by atoms with E-state index in [0.717, 1.165) is 18.8 Å². The van der Waals surface area contributed by atoms with Gasteiger partial charge >= 0.3 is 0 Å². The molecule has 3 nitrogen and oxygen atoms in total. The summed E-state index contributed by atoms with van der Waals surface area (Å²) in [7, 11) is 0. The van der Waals surface area contributed by atoms with Crippen LogP contribution in [0.15, 0.2) is 65.7 Å². The van der Waals surface area contributed by atoms with Crippen molar-refractivity contribution in [1.82, 2.24) is 9.62 Å². The maximum absolute atomic E-state index is 6.04. The zero-order valence-electron chi connectivity index (χ0n) is 11.5. The Kier molecular flexibility index (Phi) is 4.02. The molecule has 0 saturated carbocycles. The largest absolute Gasteiger partial charge is 0.487 e. The highest BCUT2D eigenvalue weighted by molar-refractivity contribution is 7.96. The van der Waals surface area contributed by atoms with Crippen molar-refractivity contribution >= 4 is 11.9 Å². The number of dihydropyridines is 1. The van der Waals surface area contributed by atoms with E-state index >= 15 is 0 Å². The summed E-state index contributed by atoms with van der Waals surface area (Å²) in [6.07, 6.45) is 8.34. The van der Waals surface area contributed by atoms with Crippen molar-refractivity contribution in [3.05, 3.63) is 71.3 Å². The fraction of sp³-hybridized carbons (Fsp3) is 0.250. The van der Waals surface area contributed by atoms with Crippen LogP contribution >= 0.6 is 11.9 Å². The van der Waals surface area contributed by atoms with Gasteiger partial charge in [-0.1, -0.05) is 42.3 Å². The highest BCUT2D eigenvalue weighted by Crippen LogP contribution is 2.28. The summed E-state index contributed by atoms with van der Waals surface area (Å²) in [6, 6.07) is 10.3. The molecule has 0 amide bonds. The minimum atomic E-state index is 0.607. The maximum atomic E-state index is 6.04. The molecule has 0 bridgehead atoms. The molecular formula is C16H18N2OS. The molecule has 2 aliphatic rings. The van der Waals surface area contributed by atoms with Gasteiger partial charge in [-0.25, -0.2) is 0 Å². The second-order valence-electron chi connectivity index (χ2n) is 4.74. The number of hydrogen-bond acceptors (Lipinski definition) is 4. The zero-order chi connectivity index (χ0) is 13.8. The number of rotatable bonds is 4. The van der Waals surface area contributed by atoms with E-state index in [-0.39, 0.29) is 0 Å². The summed E-state index contributed by atoms with van der Waals surface area (Å²) in [5.41, 5.74) is 3.80. The van der Waals surface area contributed by atoms with Gasteiger partial charge < -0.3 is 14.4 Å². The predicted octanol–water partition coefficient (Wildman–Crippen LogP) is 3.05. The highest BCUT2D eigenvalue weighted by atomic mass is 32.2. The standard InChI is InChI=1S/C16H18N2OS/c1-20-18-10-14-7-8-17-9-15(14)16(11-18)19-12-13-5-3-2-4-6-13/h2-8,11,17H,9-10,12H2,1H3. The number of ether oxygens (including phenoxy) is 1. The van der Waals surface area contributed by atoms with Crippen LogP contribution in [0.1, 0.15) is 5.56 Å². The van der Waals surface area contributed by atoms with Crippen LogP contribution < -0.4 is 5.32 Å². The van der Waals surface area contributed by atoms with Gasteiger partial charge in [0.1, 0.15) is 12.4 Å². The van der Waals surface area contributed by atoms with Crippen LogP contribution in [0.5, 0.6) is 0 Å². The molecule has 2 aliphatic heterocycles. The van der Waals surface area contributed by atoms with Gasteiger partial charge in [0.25, 0.3) is 0 Å². The first-order valence-electron chi connectivity index (χ1n) is 6.68. The SMILES string of the molecule is CSN1C=C(OCc2ccccc2)C2=C(C=CNC2)C1. The second-order valence-corrected chi connectivity index (χ2v) is 5.58. The molecule has 1 aromatic carbocycles. The van der Waals surface area contributed by atoms with Gasteiger partial charge in [-0.05, 0) is 23.4 Å². The van der Waals surface area contributed by atoms with Gasteiger partial charge in [0.05, 0.1) is 12.7 Å². The van der Waals surface area contributed by atoms with Crippen molar-refractivity contribution < 1.29 is 4.74 Å². The van der Waals surface area contributed by atoms with Crippen LogP contribution in [0.25, 0.3) is 0 Å². The second kappa shape index (κ2) is 6.09. The van der Waals surface area contributed by atoms with E-state index in [2.05, 4.69) is 40.3 Å². The Morgan fingerprint density at radius 1 is 1.30 bits per heavy atom. The van der Waals surface area contributed by atoms with E-state index < -0.39 is 0 Å². The number of hydrogen-bond donors (Lipinski definition) is 1. The smallest absolute Gasteiger partial charge is 0.141 e. The van der Waals surface area contributed by atoms with E-state index in [1.54, 1.807) is 11.9 Å². The van der Waals surface area contributed by atoms with Gasteiger partial charge in [0.15, 0.2) is 0 Å². The van der Waals surface area contributed by atoms with E-state index in [9.17, 15) is 0 Å². The van der Waals surface area contributed by atoms with Crippen molar-refractivity contribution in [2.75, 3.05) is 19.3 Å². The lowest BCUT2D eigenvalue weighted by Gasteiger charge is -2.29. The molecule has 0 aromatic heterocycles. The molecule has 0 radical (unpaired) electrons. The van der Waals surface area contributed by atoms with Crippen LogP contribution in [0.3, 0.4) is 0 Å². The summed E-state index contributed by atoms with van der Waals surface area (Å²) in [5.74, 6) is 0.973. The molecule has 0 atom stereocenters. The minimum Gasteiger partial charge on any atom is -0.487 e. The van der Waals surface area contributed by atoms with Gasteiger partial charge in [-0.2, -0.15) is 0 Å². The Hall–Kier alpha value is -1.81. The molecule has 0 aliphatic carbocycles. The lowest BCUT2D eigenvalue weighted by atomic mass is 10.0. The predicted molar refractivity (Wildman–Crippen MR) is 83.7 cm³/mol. The average Bonchev–Trinajstić information content (AvgIpc) is 2.53. The number of nitrogens with one attached hydrogen (secondary N) is 1. The molecule has 2 heterocycles. The average molecular weight is 286 g/mol. The zero-order valence-corrected chi connectivity index (χ0v) is 12.3. The van der Waals surface area contributed by atoms with Crippen molar-refractivity contribution in [3.8, 4) is 0 Å². The first kappa shape index (κ1) is 13.2. The molecule has 4 heteroatoms. The molecule has 104 valence electrons. The summed E-state index contributed by atoms with van der Waals surface area (Å²) in [4.78, 5) is 0. The van der Waals surface area contributed by atoms with Gasteiger partial charge in [0, 0.05) is 18.4 Å². The van der Waals surface area contributed by atoms with Crippen LogP contribution in [0, 0.1) is 0 Å². The van der Waals surface area contributed by atoms with Crippen molar-refractivity contribution in [3.63, 3.8) is 0 Å². The molecule has 3 rings (SSSR count). The van der Waals surface area contributed by atoms with Crippen LogP contribution in [0.2, 0.25) is 0 Å². The molecule has 0 fully saturated rings. The Balaban J connectivity index is 1.77. The molecule has 1 N–H and O–H groups in total. The third-order valence-corrected chi connectivity index (χ3v) is 4.13. The van der Waals surface area contributed by atoms with Crippen molar-refractivity contribution in [2.24, 2.45) is 0 Å². The fourth-order valence-corrected chi connectivity index (χ4v) is 2.80. The van der Waals surface area contributed by atoms with Crippen LogP contribution in [-0.2, 0) is 11.3 Å². The Labute approximate surface area is 124 Å². The van der Waals surface area contributed by atoms with Crippen molar-refractivity contribution in [2.45, 2.75) is 6.61 Å². The topological polar surface area (TPSA) is 24.5 Å². The van der Waals surface area contributed by atoms with Gasteiger partial charge in [0.2, 0.25) is 0 Å². The molecule has 0 spiro atoms. The molecule has 1 aromatic rings. The third kappa shape index (κ3) is 2.85. The van der Waals surface area contributed by atoms with E-state index in [0.29, 0.717) is 6.61 Å². The summed E-state index contributed by atoms with van der Waals surface area (Å²) >= 11 is 1.72. The Morgan fingerprint density at radius 3 is 2.95 bits per heavy atom. The fourth-order valence-electron chi connectivity index (χ4n) is 2.33. The third-order valence-electron chi connectivity index (χ3n) is 3.43. The number of benzene rings is 1. The normalized spacial score (nSPS) is 17.4. The first-order chi connectivity index (χ1) is 9.86. The molecule has 0 unspecified atom stereocenters.